The Morgan fingerprint density at radius 1 is 0.307 bits per heavy atom. The summed E-state index contributed by atoms with van der Waals surface area (Å²) in [5.74, 6) is 4.18. The molecule has 6 nitrogen and oxygen atoms in total. The van der Waals surface area contributed by atoms with Crippen molar-refractivity contribution in [1.82, 2.24) is 0 Å². The van der Waals surface area contributed by atoms with Gasteiger partial charge in [-0.15, -0.1) is 0 Å². The first kappa shape index (κ1) is 98.0. The van der Waals surface area contributed by atoms with Crippen molar-refractivity contribution in [1.29, 1.82) is 0 Å². The van der Waals surface area contributed by atoms with Crippen LogP contribution < -0.4 is 52.4 Å². The second-order valence-electron chi connectivity index (χ2n) is 60.9. The zero-order valence-electron chi connectivity index (χ0n) is 97.2. The number of aryl methyl sites for hydroxylation is 1. The van der Waals surface area contributed by atoms with Crippen molar-refractivity contribution < 1.29 is 8.83 Å². The van der Waals surface area contributed by atoms with Crippen LogP contribution in [0.2, 0.25) is 0 Å². The topological polar surface area (TPSA) is 39.2 Å². The molecule has 8 heteroatoms. The van der Waals surface area contributed by atoms with Gasteiger partial charge in [-0.25, -0.2) is 0 Å². The second kappa shape index (κ2) is 31.4. The van der Waals surface area contributed by atoms with Crippen LogP contribution in [0.25, 0.3) is 33.1 Å². The molecule has 13 aromatic rings. The first-order valence-electron chi connectivity index (χ1n) is 59.2. The fraction of sp³-hybridized carbons (Fsp3) is 0.507. The van der Waals surface area contributed by atoms with E-state index >= 15 is 0 Å². The van der Waals surface area contributed by atoms with E-state index in [1.807, 2.05) is 0 Å². The third-order valence-electron chi connectivity index (χ3n) is 45.5. The van der Waals surface area contributed by atoms with Gasteiger partial charge in [-0.3, -0.25) is 9.80 Å². The van der Waals surface area contributed by atoms with Gasteiger partial charge < -0.3 is 18.6 Å². The molecule has 774 valence electrons. The number of benzene rings is 11. The Hall–Kier alpha value is -10.2. The molecule has 2 aromatic heterocycles. The molecule has 150 heavy (non-hydrogen) atoms. The summed E-state index contributed by atoms with van der Waals surface area (Å²) in [5, 5.41) is 2.59. The standard InChI is InChI=1S/C142H168B2N4O2/c1-81-62-116-124-117(63-81)148(113-77-108-105(134(16,17)56-59-137(108,22)23)70-94(113)85-36-33-32-34-37-85)115-79-110-107(136(20,21)58-61-139(110,26)27)76-112(115)144(124)123-96-72-101-93(74-121(96)150-126(123)146(116)90-40-43-98-103(68-90)132(12,13)54-51-129(98,6)7)83(3)86-46-49-142(101,31)88(64-86)80-140(28,29)87-65-118-125-119(66-87)147(91-41-44-99-104(69-91)133(14,15)55-52-130(99,8)9)127-122(95-71-100-92(73-120(95)149-127)82(2)84-38-35-47-141(100,30)48-45-84)143(125)111-75-106-109(138(24,25)60-57-135(106,18)19)78-114(111)145(118)89-39-42-97-102(67-89)131(10,11)53-50-128(97,4)5/h32-34,36-37,39-44,62-63,65-79,82-84,86,88H,35,38,45-61,64,80H2,1-31H3/t82?,83?,84?,86?,88?,141?,142-/m0/s1. The van der Waals surface area contributed by atoms with Gasteiger partial charge in [0.1, 0.15) is 11.2 Å². The van der Waals surface area contributed by atoms with Gasteiger partial charge in [0.2, 0.25) is 11.8 Å². The Morgan fingerprint density at radius 2 is 0.667 bits per heavy atom. The fourth-order valence-corrected chi connectivity index (χ4v) is 34.5. The molecule has 15 aliphatic rings. The van der Waals surface area contributed by atoms with Gasteiger partial charge >= 0.3 is 0 Å². The maximum Gasteiger partial charge on any atom is 0.257 e. The maximum absolute atomic E-state index is 8.34. The van der Waals surface area contributed by atoms with Gasteiger partial charge in [0.25, 0.3) is 13.4 Å². The van der Waals surface area contributed by atoms with E-state index < -0.39 is 0 Å². The quantitative estimate of drug-likeness (QED) is 0.141. The number of furan rings is 2. The molecule has 2 saturated carbocycles. The highest BCUT2D eigenvalue weighted by molar-refractivity contribution is 7.02. The fourth-order valence-electron chi connectivity index (χ4n) is 34.5. The highest BCUT2D eigenvalue weighted by Gasteiger charge is 2.58. The molecule has 7 atom stereocenters. The molecule has 11 aliphatic carbocycles. The van der Waals surface area contributed by atoms with E-state index in [0.29, 0.717) is 29.6 Å². The Labute approximate surface area is 900 Å². The van der Waals surface area contributed by atoms with Gasteiger partial charge in [0.05, 0.1) is 5.69 Å². The van der Waals surface area contributed by atoms with Crippen LogP contribution in [-0.4, -0.2) is 13.4 Å². The summed E-state index contributed by atoms with van der Waals surface area (Å²) in [7, 11) is 0. The number of fused-ring (bicyclic) bond motifs is 25. The lowest BCUT2D eigenvalue weighted by Crippen LogP contribution is -2.61. The van der Waals surface area contributed by atoms with Crippen LogP contribution in [0.4, 0.5) is 68.6 Å². The molecule has 28 rings (SSSR count). The molecular formula is C142H168B2N4O2. The molecular weight excluding hydrogens is 1820 g/mol. The van der Waals surface area contributed by atoms with Gasteiger partial charge in [0, 0.05) is 78.4 Å². The van der Waals surface area contributed by atoms with Crippen molar-refractivity contribution in [2.24, 2.45) is 17.8 Å². The van der Waals surface area contributed by atoms with Gasteiger partial charge in [-0.05, 0) is 483 Å². The lowest BCUT2D eigenvalue weighted by atomic mass is 9.33. The van der Waals surface area contributed by atoms with Crippen LogP contribution in [0, 0.1) is 24.7 Å². The van der Waals surface area contributed by atoms with E-state index in [0.717, 1.165) is 113 Å². The zero-order valence-corrected chi connectivity index (χ0v) is 97.2. The molecule has 0 saturated heterocycles. The van der Waals surface area contributed by atoms with Crippen molar-refractivity contribution in [2.75, 3.05) is 19.6 Å². The summed E-state index contributed by atoms with van der Waals surface area (Å²) in [6.45, 7) is 79.0. The minimum absolute atomic E-state index is 0.0101. The third-order valence-corrected chi connectivity index (χ3v) is 45.5. The van der Waals surface area contributed by atoms with Crippen LogP contribution >= 0.6 is 0 Å². The van der Waals surface area contributed by atoms with E-state index in [1.54, 1.807) is 11.1 Å². The second-order valence-corrected chi connectivity index (χ2v) is 60.9. The molecule has 11 aromatic carbocycles. The van der Waals surface area contributed by atoms with Crippen LogP contribution in [-0.2, 0) is 81.2 Å². The van der Waals surface area contributed by atoms with Crippen molar-refractivity contribution in [3.05, 3.63) is 270 Å². The third kappa shape index (κ3) is 13.9. The van der Waals surface area contributed by atoms with Crippen LogP contribution in [0.3, 0.4) is 0 Å². The summed E-state index contributed by atoms with van der Waals surface area (Å²) in [5.41, 5.74) is 51.4. The minimum atomic E-state index is -0.374. The normalized spacial score (nSPS) is 26.1. The van der Waals surface area contributed by atoms with Crippen molar-refractivity contribution in [3.63, 3.8) is 0 Å². The van der Waals surface area contributed by atoms with E-state index in [-0.39, 0.29) is 94.7 Å². The largest absolute Gasteiger partial charge is 0.440 e. The van der Waals surface area contributed by atoms with E-state index in [4.69, 9.17) is 8.83 Å². The molecule has 0 N–H and O–H groups in total. The molecule has 2 fully saturated rings. The summed E-state index contributed by atoms with van der Waals surface area (Å²) in [4.78, 5) is 11.2. The number of hydrogen-bond acceptors (Lipinski definition) is 6. The van der Waals surface area contributed by atoms with Crippen LogP contribution in [0.1, 0.15) is 455 Å². The van der Waals surface area contributed by atoms with E-state index in [9.17, 15) is 0 Å². The van der Waals surface area contributed by atoms with E-state index in [2.05, 4.69) is 404 Å². The smallest absolute Gasteiger partial charge is 0.257 e. The monoisotopic (exact) mass is 1980 g/mol. The number of nitrogens with zero attached hydrogens (tertiary/aromatic N) is 4. The minimum Gasteiger partial charge on any atom is -0.440 e. The Kier molecular flexibility index (Phi) is 20.5. The maximum atomic E-state index is 8.34. The Bertz CT molecular complexity index is 8010. The Morgan fingerprint density at radius 3 is 1.12 bits per heavy atom. The van der Waals surface area contributed by atoms with Gasteiger partial charge in [0.15, 0.2) is 0 Å². The average Bonchev–Trinajstić information content (AvgIpc) is 1.39. The number of rotatable bonds is 8. The summed E-state index contributed by atoms with van der Waals surface area (Å²) in [6.07, 6.45) is 24.5. The summed E-state index contributed by atoms with van der Waals surface area (Å²) in [6, 6.07) is 73.1. The van der Waals surface area contributed by atoms with Gasteiger partial charge in [-0.1, -0.05) is 275 Å². The summed E-state index contributed by atoms with van der Waals surface area (Å²) < 4.78 is 16.7. The SMILES string of the molecule is Cc1cc2c3c(c1)N(c1ccc4c(c1)C(C)(C)CCC4(C)C)c1oc4cc5c(cc4c1B3c1cc3c(cc1N2c1cc2c(cc1-c1ccccc1)C(C)(C)CCC2(C)C)C(C)(C)CCC3(C)C)[C@@]1(C)CCC(CC1CC(C)(C)c1cc2c3c(c1)N(c1ccc4c(c1)C(C)(C)CCC4(C)C)c1oc4cc6c(cc4c1B3c1cc3c(cc1N2c1ccc2c(c1)C(C)(C)CCC2(C)C)C(C)(C)CCC3(C)C)C1(C)CCCC(CC1)C6C)C5C. The molecule has 6 unspecified atom stereocenters. The average molecular weight is 1980 g/mol. The van der Waals surface area contributed by atoms with Crippen LogP contribution in [0.15, 0.2) is 179 Å². The number of anilines is 12. The van der Waals surface area contributed by atoms with Crippen molar-refractivity contribution in [2.45, 2.75) is 443 Å². The molecule has 0 spiro atoms. The molecule has 4 aliphatic heterocycles. The van der Waals surface area contributed by atoms with Crippen molar-refractivity contribution in [3.8, 4) is 11.1 Å². The zero-order chi connectivity index (χ0) is 105. The molecule has 0 radical (unpaired) electrons. The number of hydrogen-bond donors (Lipinski definition) is 0. The van der Waals surface area contributed by atoms with Crippen LogP contribution in [0.5, 0.6) is 0 Å². The predicted molar refractivity (Wildman–Crippen MR) is 639 cm³/mol. The predicted octanol–water partition coefficient (Wildman–Crippen LogP) is 35.5. The lowest BCUT2D eigenvalue weighted by molar-refractivity contribution is 0.126. The highest BCUT2D eigenvalue weighted by Crippen LogP contribution is 2.66. The van der Waals surface area contributed by atoms with Crippen molar-refractivity contribution >= 4 is 137 Å². The first-order chi connectivity index (χ1) is 70.4. The first-order valence-corrected chi connectivity index (χ1v) is 59.2. The van der Waals surface area contributed by atoms with Gasteiger partial charge in [-0.2, -0.15) is 0 Å². The molecule has 6 heterocycles. The molecule has 0 amide bonds. The lowest BCUT2D eigenvalue weighted by Gasteiger charge is -2.48. The highest BCUT2D eigenvalue weighted by atomic mass is 16.4. The Balaban J connectivity index is 0.696. The molecule has 4 bridgehead atoms. The van der Waals surface area contributed by atoms with E-state index in [1.165, 1.54) is 246 Å². The summed E-state index contributed by atoms with van der Waals surface area (Å²) >= 11 is 0.